The standard InChI is InChI=1S/C25H26N4O2.C11H14N2O/c1-29-9-7-15(8-10-29)19-14-27-20-5-6-22-25(24(19)20)28-23(31-22)11-16-13-26-21-12-17(30-2)3-4-18(16)21;1-14-9-2-3-10-8(4-5-12)7-13-11(10)6-9/h3-6,12-15,26-27H,7-11H2,1-2H3;2-3,6-7,13H,4-5,12H2,1H3. The minimum Gasteiger partial charge on any atom is -0.497 e. The molecule has 1 fully saturated rings. The SMILES string of the molecule is COc1ccc2c(CCN)c[nH]c2c1.COc1ccc2c(Cc3nc4c(ccc5[nH]cc(C6CCN(C)CC6)c54)o3)c[nH]c2c1. The van der Waals surface area contributed by atoms with E-state index < -0.39 is 0 Å². The second-order valence-electron chi connectivity index (χ2n) is 11.9. The Labute approximate surface area is 261 Å². The number of benzene rings is 3. The Kier molecular flexibility index (Phi) is 7.95. The Morgan fingerprint density at radius 2 is 1.49 bits per heavy atom. The van der Waals surface area contributed by atoms with Crippen LogP contribution in [0, 0.1) is 0 Å². The number of hydrogen-bond donors (Lipinski definition) is 4. The summed E-state index contributed by atoms with van der Waals surface area (Å²) in [5.41, 5.74) is 14.5. The fourth-order valence-corrected chi connectivity index (χ4v) is 6.65. The first-order valence-corrected chi connectivity index (χ1v) is 15.6. The van der Waals surface area contributed by atoms with Crippen LogP contribution in [0.4, 0.5) is 0 Å². The molecule has 0 bridgehead atoms. The van der Waals surface area contributed by atoms with Gasteiger partial charge < -0.3 is 39.5 Å². The number of fused-ring (bicyclic) bond motifs is 5. The quantitative estimate of drug-likeness (QED) is 0.157. The number of piperidine rings is 1. The molecule has 9 nitrogen and oxygen atoms in total. The third kappa shape index (κ3) is 5.65. The summed E-state index contributed by atoms with van der Waals surface area (Å²) in [5, 5.41) is 3.63. The summed E-state index contributed by atoms with van der Waals surface area (Å²) in [4.78, 5) is 17.4. The molecule has 0 unspecified atom stereocenters. The molecule has 0 atom stereocenters. The van der Waals surface area contributed by atoms with E-state index in [-0.39, 0.29) is 0 Å². The van der Waals surface area contributed by atoms with Gasteiger partial charge in [0.05, 0.1) is 20.6 Å². The molecule has 3 aromatic carbocycles. The van der Waals surface area contributed by atoms with Crippen LogP contribution in [0.5, 0.6) is 11.5 Å². The summed E-state index contributed by atoms with van der Waals surface area (Å²) in [7, 11) is 5.56. The molecule has 0 radical (unpaired) electrons. The zero-order valence-electron chi connectivity index (χ0n) is 26.1. The number of rotatable bonds is 7. The van der Waals surface area contributed by atoms with Gasteiger partial charge in [-0.2, -0.15) is 0 Å². The summed E-state index contributed by atoms with van der Waals surface area (Å²) in [6, 6.07) is 16.3. The van der Waals surface area contributed by atoms with Gasteiger partial charge in [-0.3, -0.25) is 0 Å². The molecule has 0 amide bonds. The number of aromatic amines is 3. The predicted molar refractivity (Wildman–Crippen MR) is 181 cm³/mol. The molecule has 9 heteroatoms. The molecule has 1 aliphatic rings. The Morgan fingerprint density at radius 1 is 0.844 bits per heavy atom. The van der Waals surface area contributed by atoms with Crippen LogP contribution in [0.3, 0.4) is 0 Å². The third-order valence-electron chi connectivity index (χ3n) is 9.14. The van der Waals surface area contributed by atoms with Crippen molar-refractivity contribution in [3.63, 3.8) is 0 Å². The molecular formula is C36H40N6O3. The van der Waals surface area contributed by atoms with E-state index in [9.17, 15) is 0 Å². The van der Waals surface area contributed by atoms with Crippen molar-refractivity contribution in [3.8, 4) is 11.5 Å². The molecule has 45 heavy (non-hydrogen) atoms. The van der Waals surface area contributed by atoms with Gasteiger partial charge in [0.25, 0.3) is 0 Å². The molecule has 4 aromatic heterocycles. The van der Waals surface area contributed by atoms with Crippen molar-refractivity contribution in [2.75, 3.05) is 40.9 Å². The number of ether oxygens (including phenoxy) is 2. The summed E-state index contributed by atoms with van der Waals surface area (Å²) in [6.07, 6.45) is 10.2. The number of H-pyrrole nitrogens is 3. The van der Waals surface area contributed by atoms with Crippen molar-refractivity contribution in [2.24, 2.45) is 5.73 Å². The molecule has 232 valence electrons. The summed E-state index contributed by atoms with van der Waals surface area (Å²) in [5.74, 6) is 3.03. The van der Waals surface area contributed by atoms with E-state index in [1.807, 2.05) is 42.7 Å². The molecule has 5 N–H and O–H groups in total. The number of nitrogens with one attached hydrogen (secondary N) is 3. The Hall–Kier alpha value is -4.73. The van der Waals surface area contributed by atoms with Gasteiger partial charge in [0, 0.05) is 63.4 Å². The smallest absolute Gasteiger partial charge is 0.200 e. The van der Waals surface area contributed by atoms with Crippen molar-refractivity contribution < 1.29 is 13.9 Å². The van der Waals surface area contributed by atoms with Gasteiger partial charge in [-0.05, 0) is 105 Å². The van der Waals surface area contributed by atoms with Crippen molar-refractivity contribution in [1.29, 1.82) is 0 Å². The minimum atomic E-state index is 0.569. The summed E-state index contributed by atoms with van der Waals surface area (Å²) >= 11 is 0. The zero-order chi connectivity index (χ0) is 30.9. The lowest BCUT2D eigenvalue weighted by molar-refractivity contribution is 0.256. The van der Waals surface area contributed by atoms with Crippen LogP contribution in [-0.4, -0.2) is 65.7 Å². The highest BCUT2D eigenvalue weighted by Gasteiger charge is 2.23. The lowest BCUT2D eigenvalue weighted by Crippen LogP contribution is -2.29. The normalized spacial score (nSPS) is 14.4. The first-order valence-electron chi connectivity index (χ1n) is 15.6. The zero-order valence-corrected chi connectivity index (χ0v) is 26.1. The highest BCUT2D eigenvalue weighted by Crippen LogP contribution is 2.37. The lowest BCUT2D eigenvalue weighted by atomic mass is 9.89. The molecule has 8 rings (SSSR count). The first-order chi connectivity index (χ1) is 22.0. The number of nitrogens with zero attached hydrogens (tertiary/aromatic N) is 2. The third-order valence-corrected chi connectivity index (χ3v) is 9.14. The van der Waals surface area contributed by atoms with Crippen LogP contribution in [-0.2, 0) is 12.8 Å². The number of nitrogens with two attached hydrogens (primary N) is 1. The van der Waals surface area contributed by atoms with Gasteiger partial charge in [-0.25, -0.2) is 4.98 Å². The van der Waals surface area contributed by atoms with Crippen LogP contribution in [0.1, 0.15) is 41.3 Å². The van der Waals surface area contributed by atoms with Gasteiger partial charge >= 0.3 is 0 Å². The second kappa shape index (κ2) is 12.3. The maximum atomic E-state index is 6.20. The van der Waals surface area contributed by atoms with E-state index in [1.54, 1.807) is 14.2 Å². The number of hydrogen-bond acceptors (Lipinski definition) is 6. The maximum Gasteiger partial charge on any atom is 0.200 e. The second-order valence-corrected chi connectivity index (χ2v) is 11.9. The monoisotopic (exact) mass is 604 g/mol. The average molecular weight is 605 g/mol. The van der Waals surface area contributed by atoms with Gasteiger partial charge in [-0.15, -0.1) is 0 Å². The van der Waals surface area contributed by atoms with E-state index in [1.165, 1.54) is 45.7 Å². The predicted octanol–water partition coefficient (Wildman–Crippen LogP) is 6.88. The fourth-order valence-electron chi connectivity index (χ4n) is 6.65. The Balaban J connectivity index is 0.000000195. The molecule has 5 heterocycles. The fraction of sp³-hybridized carbons (Fsp3) is 0.306. The van der Waals surface area contributed by atoms with E-state index in [4.69, 9.17) is 24.6 Å². The van der Waals surface area contributed by atoms with Crippen LogP contribution < -0.4 is 15.2 Å². The molecular weight excluding hydrogens is 564 g/mol. The van der Waals surface area contributed by atoms with Crippen molar-refractivity contribution >= 4 is 43.8 Å². The molecule has 0 saturated carbocycles. The molecule has 0 aliphatic carbocycles. The largest absolute Gasteiger partial charge is 0.497 e. The number of likely N-dealkylation sites (tertiary alicyclic amines) is 1. The van der Waals surface area contributed by atoms with Gasteiger partial charge in [0.15, 0.2) is 11.5 Å². The topological polar surface area (TPSA) is 121 Å². The van der Waals surface area contributed by atoms with Crippen molar-refractivity contribution in [2.45, 2.75) is 31.6 Å². The molecule has 0 spiro atoms. The summed E-state index contributed by atoms with van der Waals surface area (Å²) in [6.45, 7) is 2.96. The molecule has 1 aliphatic heterocycles. The highest BCUT2D eigenvalue weighted by atomic mass is 16.5. The summed E-state index contributed by atoms with van der Waals surface area (Å²) < 4.78 is 16.7. The minimum absolute atomic E-state index is 0.569. The highest BCUT2D eigenvalue weighted by molar-refractivity contribution is 6.04. The average Bonchev–Trinajstić information content (AvgIpc) is 3.86. The number of oxazole rings is 1. The maximum absolute atomic E-state index is 6.20. The Morgan fingerprint density at radius 3 is 2.16 bits per heavy atom. The number of methoxy groups -OCH3 is 2. The number of aromatic nitrogens is 4. The van der Waals surface area contributed by atoms with Crippen LogP contribution in [0.15, 0.2) is 71.5 Å². The van der Waals surface area contributed by atoms with Gasteiger partial charge in [-0.1, -0.05) is 0 Å². The van der Waals surface area contributed by atoms with Gasteiger partial charge in [0.1, 0.15) is 17.0 Å². The first kappa shape index (κ1) is 29.0. The van der Waals surface area contributed by atoms with Crippen LogP contribution in [0.25, 0.3) is 43.8 Å². The van der Waals surface area contributed by atoms with Crippen molar-refractivity contribution in [1.82, 2.24) is 24.8 Å². The van der Waals surface area contributed by atoms with Gasteiger partial charge in [0.2, 0.25) is 0 Å². The van der Waals surface area contributed by atoms with E-state index in [0.717, 1.165) is 64.5 Å². The van der Waals surface area contributed by atoms with E-state index in [0.29, 0.717) is 18.9 Å². The van der Waals surface area contributed by atoms with E-state index >= 15 is 0 Å². The van der Waals surface area contributed by atoms with Crippen LogP contribution in [0.2, 0.25) is 0 Å². The van der Waals surface area contributed by atoms with E-state index in [2.05, 4.69) is 51.3 Å². The molecule has 1 saturated heterocycles. The van der Waals surface area contributed by atoms with Crippen LogP contribution >= 0.6 is 0 Å². The Bertz CT molecular complexity index is 2070. The lowest BCUT2D eigenvalue weighted by Gasteiger charge is -2.28. The van der Waals surface area contributed by atoms with Crippen molar-refractivity contribution in [3.05, 3.63) is 89.7 Å². The molecule has 7 aromatic rings.